The van der Waals surface area contributed by atoms with E-state index in [-0.39, 0.29) is 31.0 Å². The van der Waals surface area contributed by atoms with Gasteiger partial charge in [0.25, 0.3) is 0 Å². The summed E-state index contributed by atoms with van der Waals surface area (Å²) in [6, 6.07) is 0. The quantitative estimate of drug-likeness (QED) is 0.398. The number of hydrogen-bond donors (Lipinski definition) is 2. The average Bonchev–Trinajstić information content (AvgIpc) is 0.811. The molecule has 0 heterocycles. The molecule has 0 saturated heterocycles. The van der Waals surface area contributed by atoms with Crippen LogP contribution in [0.15, 0.2) is 0 Å². The van der Waals surface area contributed by atoms with Crippen molar-refractivity contribution in [2.45, 2.75) is 0 Å². The summed E-state index contributed by atoms with van der Waals surface area (Å²) >= 11 is 0. The Bertz CT molecular complexity index is 33.8. The van der Waals surface area contributed by atoms with Gasteiger partial charge in [-0.3, -0.25) is 0 Å². The van der Waals surface area contributed by atoms with Crippen LogP contribution in [0.5, 0.6) is 0 Å². The Kier molecular flexibility index (Phi) is 7.67. The van der Waals surface area contributed by atoms with E-state index < -0.39 is 6.16 Å². The van der Waals surface area contributed by atoms with Crippen molar-refractivity contribution in [3.63, 3.8) is 0 Å². The van der Waals surface area contributed by atoms with E-state index in [9.17, 15) is 0 Å². The first-order valence-electron chi connectivity index (χ1n) is 0.651. The molecule has 0 fully saturated rings. The molecule has 0 aliphatic carbocycles. The van der Waals surface area contributed by atoms with Gasteiger partial charge < -0.3 is 10.2 Å². The maximum absolute atomic E-state index is 8.56. The second kappa shape index (κ2) is 4.27. The molecule has 0 aliphatic heterocycles. The van der Waals surface area contributed by atoms with Crippen LogP contribution >= 0.6 is 0 Å². The monoisotopic (exact) mass is 87.0 g/mol. The van der Waals surface area contributed by atoms with Gasteiger partial charge in [0, 0.05) is 0 Å². The Morgan fingerprint density at radius 1 is 1.60 bits per heavy atom. The molecule has 0 spiro atoms. The summed E-state index contributed by atoms with van der Waals surface area (Å²) in [6.07, 6.45) is -1.83. The van der Waals surface area contributed by atoms with Crippen molar-refractivity contribution in [2.24, 2.45) is 0 Å². The molecule has 2 N–H and O–H groups in total. The van der Waals surface area contributed by atoms with Crippen molar-refractivity contribution in [1.29, 1.82) is 0 Å². The molecule has 0 unspecified atom stereocenters. The van der Waals surface area contributed by atoms with Gasteiger partial charge in [-0.2, -0.15) is 0 Å². The fraction of sp³-hybridized carbons (Fsp3) is 0. The first-order chi connectivity index (χ1) is 1.73. The second-order valence-corrected chi connectivity index (χ2v) is 0.283. The van der Waals surface area contributed by atoms with Gasteiger partial charge >= 0.3 is 37.1 Å². The fourth-order valence-corrected chi connectivity index (χ4v) is 0. The van der Waals surface area contributed by atoms with Gasteiger partial charge in [-0.15, -0.1) is 0 Å². The molecule has 3 nitrogen and oxygen atoms in total. The number of carbonyl (C=O) groups is 1. The van der Waals surface area contributed by atoms with Gasteiger partial charge in [-0.25, -0.2) is 4.79 Å². The fourth-order valence-electron chi connectivity index (χ4n) is 0. The van der Waals surface area contributed by atoms with Gasteiger partial charge in [0.05, 0.1) is 0 Å². The van der Waals surface area contributed by atoms with Crippen molar-refractivity contribution < 1.29 is 16.4 Å². The molecule has 0 radical (unpaired) electrons. The Hall–Kier alpha value is 0.270. The Morgan fingerprint density at radius 2 is 1.60 bits per heavy atom. The molecule has 4 heteroatoms. The SMILES string of the molecule is O=C(O)O.[H+].[NaH]. The van der Waals surface area contributed by atoms with Crippen LogP contribution in [-0.4, -0.2) is 45.9 Å². The number of carboxylic acid groups (broad SMARTS) is 2. The van der Waals surface area contributed by atoms with Gasteiger partial charge in [0.15, 0.2) is 0 Å². The topological polar surface area (TPSA) is 57.5 Å². The van der Waals surface area contributed by atoms with Gasteiger partial charge in [0.1, 0.15) is 0 Å². The zero-order valence-corrected chi connectivity index (χ0v) is 1.80. The molecule has 0 saturated carbocycles. The minimum absolute atomic E-state index is 0. The van der Waals surface area contributed by atoms with Crippen LogP contribution in [0, 0.1) is 0 Å². The normalized spacial score (nSPS) is 4.80. The molecule has 0 bridgehead atoms. The van der Waals surface area contributed by atoms with Crippen molar-refractivity contribution in [1.82, 2.24) is 0 Å². The third-order valence-corrected chi connectivity index (χ3v) is 0. The van der Waals surface area contributed by atoms with Crippen LogP contribution in [0.4, 0.5) is 4.79 Å². The summed E-state index contributed by atoms with van der Waals surface area (Å²) in [4.78, 5) is 8.56. The van der Waals surface area contributed by atoms with Gasteiger partial charge in [-0.05, 0) is 0 Å². The van der Waals surface area contributed by atoms with Crippen molar-refractivity contribution in [3.05, 3.63) is 0 Å². The summed E-state index contributed by atoms with van der Waals surface area (Å²) < 4.78 is 0. The summed E-state index contributed by atoms with van der Waals surface area (Å²) in [5, 5.41) is 13.9. The zero-order chi connectivity index (χ0) is 3.58. The van der Waals surface area contributed by atoms with E-state index in [4.69, 9.17) is 15.0 Å². The van der Waals surface area contributed by atoms with Crippen LogP contribution in [0.3, 0.4) is 0 Å². The Morgan fingerprint density at radius 3 is 1.60 bits per heavy atom. The van der Waals surface area contributed by atoms with Crippen LogP contribution < -0.4 is 0 Å². The van der Waals surface area contributed by atoms with Crippen LogP contribution in [0.1, 0.15) is 1.43 Å². The van der Waals surface area contributed by atoms with E-state index in [0.717, 1.165) is 0 Å². The molecule has 0 aromatic heterocycles. The first-order valence-corrected chi connectivity index (χ1v) is 0.651. The molecule has 0 rings (SSSR count). The Balaban J connectivity index is -0.0000000450. The zero-order valence-electron chi connectivity index (χ0n) is 2.80. The molecule has 0 aliphatic rings. The molecule has 26 valence electrons. The van der Waals surface area contributed by atoms with E-state index in [1.807, 2.05) is 0 Å². The van der Waals surface area contributed by atoms with Gasteiger partial charge in [-0.1, -0.05) is 0 Å². The third kappa shape index (κ3) is 302. The molecular formula is CH4NaO3+. The average molecular weight is 87.0 g/mol. The predicted octanol–water partition coefficient (Wildman–Crippen LogP) is -0.314. The van der Waals surface area contributed by atoms with Gasteiger partial charge in [0.2, 0.25) is 0 Å². The summed E-state index contributed by atoms with van der Waals surface area (Å²) in [7, 11) is 0. The van der Waals surface area contributed by atoms with Crippen molar-refractivity contribution in [2.75, 3.05) is 0 Å². The van der Waals surface area contributed by atoms with Crippen LogP contribution in [-0.2, 0) is 0 Å². The standard InChI is InChI=1S/CH2O3.Na.H/c2-1(3)4;;/h(H2,2,3,4);;/p+1. The number of rotatable bonds is 0. The first kappa shape index (κ1) is 8.99. The Labute approximate surface area is 52.4 Å². The maximum atomic E-state index is 8.56. The third-order valence-electron chi connectivity index (χ3n) is 0. The molecule has 0 amide bonds. The van der Waals surface area contributed by atoms with E-state index in [0.29, 0.717) is 0 Å². The summed E-state index contributed by atoms with van der Waals surface area (Å²) in [6.45, 7) is 0. The molecule has 0 aromatic carbocycles. The minimum atomic E-state index is -1.83. The molecule has 5 heavy (non-hydrogen) atoms. The van der Waals surface area contributed by atoms with E-state index in [2.05, 4.69) is 0 Å². The molecule has 0 atom stereocenters. The van der Waals surface area contributed by atoms with E-state index >= 15 is 0 Å². The second-order valence-electron chi connectivity index (χ2n) is 0.283. The predicted molar refractivity (Wildman–Crippen MR) is 18.9 cm³/mol. The summed E-state index contributed by atoms with van der Waals surface area (Å²) in [5.74, 6) is 0. The molecule has 0 aromatic rings. The number of hydrogen-bond acceptors (Lipinski definition) is 1. The van der Waals surface area contributed by atoms with Crippen molar-refractivity contribution >= 4 is 35.7 Å². The van der Waals surface area contributed by atoms with E-state index in [1.54, 1.807) is 0 Å². The summed E-state index contributed by atoms with van der Waals surface area (Å²) in [5.41, 5.74) is 0. The van der Waals surface area contributed by atoms with Crippen LogP contribution in [0.25, 0.3) is 0 Å². The van der Waals surface area contributed by atoms with Crippen LogP contribution in [0.2, 0.25) is 0 Å². The van der Waals surface area contributed by atoms with Crippen molar-refractivity contribution in [3.8, 4) is 0 Å². The van der Waals surface area contributed by atoms with E-state index in [1.165, 1.54) is 0 Å². The molecular weight excluding hydrogens is 83.0 g/mol.